The summed E-state index contributed by atoms with van der Waals surface area (Å²) in [5.41, 5.74) is 3.21. The van der Waals surface area contributed by atoms with E-state index >= 15 is 0 Å². The fourth-order valence-electron chi connectivity index (χ4n) is 2.07. The van der Waals surface area contributed by atoms with Crippen LogP contribution < -0.4 is 0 Å². The lowest BCUT2D eigenvalue weighted by molar-refractivity contribution is 0.886. The maximum atomic E-state index is 5.99. The van der Waals surface area contributed by atoms with E-state index in [9.17, 15) is 0 Å². The number of rotatable bonds is 3. The predicted molar refractivity (Wildman–Crippen MR) is 81.3 cm³/mol. The summed E-state index contributed by atoms with van der Waals surface area (Å²) in [4.78, 5) is 4.38. The minimum Gasteiger partial charge on any atom is -0.259 e. The van der Waals surface area contributed by atoms with Gasteiger partial charge >= 0.3 is 0 Å². The summed E-state index contributed by atoms with van der Waals surface area (Å²) in [6, 6.07) is 9.87. The van der Waals surface area contributed by atoms with E-state index < -0.39 is 0 Å². The monoisotopic (exact) mass is 304 g/mol. The molecular weight excluding hydrogens is 292 g/mol. The third-order valence-corrected chi connectivity index (χ3v) is 4.16. The Kier molecular flexibility index (Phi) is 3.63. The summed E-state index contributed by atoms with van der Waals surface area (Å²) < 4.78 is 1.97. The van der Waals surface area contributed by atoms with Gasteiger partial charge in [0, 0.05) is 22.2 Å². The molecule has 0 aliphatic carbocycles. The van der Waals surface area contributed by atoms with Crippen LogP contribution in [0.1, 0.15) is 17.0 Å². The van der Waals surface area contributed by atoms with E-state index in [2.05, 4.69) is 21.2 Å². The topological polar surface area (TPSA) is 43.1 Å². The lowest BCUT2D eigenvalue weighted by Gasteiger charge is -2.04. The Labute approximate surface area is 126 Å². The van der Waals surface area contributed by atoms with Gasteiger partial charge in [0.15, 0.2) is 5.16 Å². The molecule has 0 bridgehead atoms. The number of fused-ring (bicyclic) bond motifs is 1. The summed E-state index contributed by atoms with van der Waals surface area (Å²) >= 11 is 7.62. The molecule has 2 aromatic heterocycles. The Balaban J connectivity index is 1.88. The van der Waals surface area contributed by atoms with Gasteiger partial charge in [-0.1, -0.05) is 35.5 Å². The van der Waals surface area contributed by atoms with Crippen LogP contribution in [0.2, 0.25) is 5.02 Å². The molecule has 2 heterocycles. The normalized spacial score (nSPS) is 11.2. The van der Waals surface area contributed by atoms with Gasteiger partial charge in [-0.05, 0) is 37.6 Å². The molecule has 102 valence electrons. The number of thioether (sulfide) groups is 1. The zero-order valence-corrected chi connectivity index (χ0v) is 12.7. The van der Waals surface area contributed by atoms with Gasteiger partial charge in [0.05, 0.1) is 0 Å². The lowest BCUT2D eigenvalue weighted by Crippen LogP contribution is -1.97. The van der Waals surface area contributed by atoms with Gasteiger partial charge in [0.1, 0.15) is 0 Å². The summed E-state index contributed by atoms with van der Waals surface area (Å²) in [5.74, 6) is 1.45. The van der Waals surface area contributed by atoms with E-state index in [1.54, 1.807) is 11.8 Å². The summed E-state index contributed by atoms with van der Waals surface area (Å²) in [5, 5.41) is 9.94. The molecule has 0 aliphatic rings. The van der Waals surface area contributed by atoms with E-state index in [0.717, 1.165) is 32.9 Å². The van der Waals surface area contributed by atoms with Gasteiger partial charge in [-0.2, -0.15) is 0 Å². The van der Waals surface area contributed by atoms with Gasteiger partial charge in [-0.15, -0.1) is 10.2 Å². The average Bonchev–Trinajstić information content (AvgIpc) is 2.79. The van der Waals surface area contributed by atoms with Crippen LogP contribution in [-0.2, 0) is 5.75 Å². The van der Waals surface area contributed by atoms with E-state index in [1.807, 2.05) is 42.5 Å². The number of hydrogen-bond acceptors (Lipinski definition) is 4. The van der Waals surface area contributed by atoms with Crippen molar-refractivity contribution in [2.75, 3.05) is 0 Å². The van der Waals surface area contributed by atoms with Crippen LogP contribution >= 0.6 is 23.4 Å². The predicted octanol–water partition coefficient (Wildman–Crippen LogP) is 3.69. The highest BCUT2D eigenvalue weighted by Crippen LogP contribution is 2.23. The first-order chi connectivity index (χ1) is 9.63. The van der Waals surface area contributed by atoms with E-state index in [0.29, 0.717) is 5.78 Å². The first-order valence-corrected chi connectivity index (χ1v) is 7.56. The van der Waals surface area contributed by atoms with Crippen LogP contribution in [0, 0.1) is 13.8 Å². The Hall–Kier alpha value is -1.59. The molecule has 0 spiro atoms. The molecule has 0 amide bonds. The van der Waals surface area contributed by atoms with Crippen LogP contribution in [0.15, 0.2) is 35.5 Å². The van der Waals surface area contributed by atoms with E-state index in [1.165, 1.54) is 0 Å². The van der Waals surface area contributed by atoms with Crippen molar-refractivity contribution in [3.05, 3.63) is 52.3 Å². The molecular formula is C14H13ClN4S. The maximum absolute atomic E-state index is 5.99. The third kappa shape index (κ3) is 2.64. The van der Waals surface area contributed by atoms with Crippen LogP contribution in [-0.4, -0.2) is 19.6 Å². The van der Waals surface area contributed by atoms with Crippen molar-refractivity contribution in [1.29, 1.82) is 0 Å². The number of aryl methyl sites for hydroxylation is 2. The SMILES string of the molecule is Cc1cc(C)n2c(SCc3cccc(Cl)c3)nnc2n1. The van der Waals surface area contributed by atoms with Crippen molar-refractivity contribution in [1.82, 2.24) is 19.6 Å². The molecule has 6 heteroatoms. The summed E-state index contributed by atoms with van der Waals surface area (Å²) in [7, 11) is 0. The Bertz CT molecular complexity index is 769. The fraction of sp³-hybridized carbons (Fsp3) is 0.214. The molecule has 4 nitrogen and oxygen atoms in total. The molecule has 0 saturated heterocycles. The first kappa shape index (κ1) is 13.4. The van der Waals surface area contributed by atoms with E-state index in [4.69, 9.17) is 11.6 Å². The van der Waals surface area contributed by atoms with Crippen molar-refractivity contribution in [2.45, 2.75) is 24.8 Å². The number of aromatic nitrogens is 4. The lowest BCUT2D eigenvalue weighted by atomic mass is 10.2. The van der Waals surface area contributed by atoms with Crippen molar-refractivity contribution in [2.24, 2.45) is 0 Å². The molecule has 0 atom stereocenters. The summed E-state index contributed by atoms with van der Waals surface area (Å²) in [6.45, 7) is 3.99. The molecule has 0 unspecified atom stereocenters. The molecule has 3 aromatic rings. The number of nitrogens with zero attached hydrogens (tertiary/aromatic N) is 4. The molecule has 0 N–H and O–H groups in total. The molecule has 3 rings (SSSR count). The molecule has 0 saturated carbocycles. The van der Waals surface area contributed by atoms with Crippen molar-refractivity contribution < 1.29 is 0 Å². The maximum Gasteiger partial charge on any atom is 0.256 e. The van der Waals surface area contributed by atoms with Gasteiger partial charge in [0.25, 0.3) is 5.78 Å². The number of halogens is 1. The van der Waals surface area contributed by atoms with Crippen molar-refractivity contribution in [3.63, 3.8) is 0 Å². The standard InChI is InChI=1S/C14H13ClN4S/c1-9-6-10(2)19-13(16-9)17-18-14(19)20-8-11-4-3-5-12(15)7-11/h3-7H,8H2,1-2H3. The first-order valence-electron chi connectivity index (χ1n) is 6.20. The molecule has 0 radical (unpaired) electrons. The smallest absolute Gasteiger partial charge is 0.256 e. The highest BCUT2D eigenvalue weighted by molar-refractivity contribution is 7.98. The Morgan fingerprint density at radius 2 is 2.05 bits per heavy atom. The van der Waals surface area contributed by atoms with Crippen LogP contribution in [0.4, 0.5) is 0 Å². The minimum absolute atomic E-state index is 0.649. The molecule has 0 fully saturated rings. The Morgan fingerprint density at radius 3 is 2.85 bits per heavy atom. The molecule has 20 heavy (non-hydrogen) atoms. The highest BCUT2D eigenvalue weighted by atomic mass is 35.5. The van der Waals surface area contributed by atoms with Gasteiger partial charge in [0.2, 0.25) is 0 Å². The Morgan fingerprint density at radius 1 is 1.20 bits per heavy atom. The minimum atomic E-state index is 0.649. The van der Waals surface area contributed by atoms with Crippen LogP contribution in [0.5, 0.6) is 0 Å². The second-order valence-electron chi connectivity index (χ2n) is 4.58. The largest absolute Gasteiger partial charge is 0.259 e. The summed E-state index contributed by atoms with van der Waals surface area (Å²) in [6.07, 6.45) is 0. The zero-order chi connectivity index (χ0) is 14.1. The highest BCUT2D eigenvalue weighted by Gasteiger charge is 2.10. The fourth-order valence-corrected chi connectivity index (χ4v) is 3.21. The van der Waals surface area contributed by atoms with Crippen LogP contribution in [0.25, 0.3) is 5.78 Å². The van der Waals surface area contributed by atoms with Crippen LogP contribution in [0.3, 0.4) is 0 Å². The number of benzene rings is 1. The zero-order valence-electron chi connectivity index (χ0n) is 11.2. The van der Waals surface area contributed by atoms with Gasteiger partial charge in [-0.3, -0.25) is 4.40 Å². The molecule has 1 aromatic carbocycles. The second-order valence-corrected chi connectivity index (χ2v) is 5.95. The second kappa shape index (κ2) is 5.42. The van der Waals surface area contributed by atoms with Gasteiger partial charge in [-0.25, -0.2) is 4.98 Å². The number of hydrogen-bond donors (Lipinski definition) is 0. The van der Waals surface area contributed by atoms with Gasteiger partial charge < -0.3 is 0 Å². The quantitative estimate of drug-likeness (QED) is 0.692. The van der Waals surface area contributed by atoms with E-state index in [-0.39, 0.29) is 0 Å². The van der Waals surface area contributed by atoms with Crippen molar-refractivity contribution in [3.8, 4) is 0 Å². The average molecular weight is 305 g/mol. The third-order valence-electron chi connectivity index (χ3n) is 2.92. The van der Waals surface area contributed by atoms with Crippen molar-refractivity contribution >= 4 is 29.1 Å². The molecule has 0 aliphatic heterocycles.